The van der Waals surface area contributed by atoms with Gasteiger partial charge in [-0.1, -0.05) is 6.07 Å². The van der Waals surface area contributed by atoms with E-state index in [2.05, 4.69) is 10.3 Å². The first-order valence-electron chi connectivity index (χ1n) is 6.23. The largest absolute Gasteiger partial charge is 0.444 e. The Labute approximate surface area is 112 Å². The Hall–Kier alpha value is -1.98. The van der Waals surface area contributed by atoms with Gasteiger partial charge in [-0.15, -0.1) is 0 Å². The maximum atomic E-state index is 11.3. The average Bonchev–Trinajstić information content (AvgIpc) is 2.28. The number of nitrogens with zero attached hydrogens (tertiary/aromatic N) is 2. The van der Waals surface area contributed by atoms with Crippen LogP contribution in [0, 0.1) is 0 Å². The number of amides is 1. The van der Waals surface area contributed by atoms with Gasteiger partial charge >= 0.3 is 6.09 Å². The summed E-state index contributed by atoms with van der Waals surface area (Å²) in [5.74, 6) is 0. The summed E-state index contributed by atoms with van der Waals surface area (Å²) < 4.78 is 6.06. The molecular formula is C13H21N3O3. The Morgan fingerprint density at radius 3 is 2.84 bits per heavy atom. The molecule has 1 rings (SSSR count). The van der Waals surface area contributed by atoms with Gasteiger partial charge in [-0.2, -0.15) is 4.73 Å². The van der Waals surface area contributed by atoms with Crippen molar-refractivity contribution in [3.05, 3.63) is 29.9 Å². The van der Waals surface area contributed by atoms with E-state index in [-0.39, 0.29) is 0 Å². The molecule has 0 atom stereocenters. The fraction of sp³-hybridized carbons (Fsp3) is 0.538. The zero-order chi connectivity index (χ0) is 14.3. The van der Waals surface area contributed by atoms with Crippen LogP contribution in [-0.4, -0.2) is 34.7 Å². The third-order valence-electron chi connectivity index (χ3n) is 2.10. The molecule has 19 heavy (non-hydrogen) atoms. The van der Waals surface area contributed by atoms with Crippen LogP contribution in [0.1, 0.15) is 27.2 Å². The molecular weight excluding hydrogens is 246 g/mol. The molecule has 0 fully saturated rings. The molecule has 1 aromatic rings. The zero-order valence-electron chi connectivity index (χ0n) is 11.6. The molecule has 0 aliphatic carbocycles. The minimum Gasteiger partial charge on any atom is -0.444 e. The number of ether oxygens (including phenoxy) is 1. The number of nitrogens with one attached hydrogen (secondary N) is 1. The lowest BCUT2D eigenvalue weighted by Crippen LogP contribution is -2.33. The Morgan fingerprint density at radius 1 is 1.47 bits per heavy atom. The summed E-state index contributed by atoms with van der Waals surface area (Å²) in [5, 5.41) is 12.1. The maximum Gasteiger partial charge on any atom is 0.407 e. The van der Waals surface area contributed by atoms with Crippen LogP contribution in [0.5, 0.6) is 0 Å². The number of carbonyl (C=O) groups is 1. The van der Waals surface area contributed by atoms with Gasteiger partial charge in [-0.05, 0) is 39.3 Å². The molecule has 1 amide bonds. The van der Waals surface area contributed by atoms with E-state index in [1.165, 1.54) is 6.20 Å². The summed E-state index contributed by atoms with van der Waals surface area (Å²) >= 11 is 0. The number of carbonyl (C=O) groups excluding carboxylic acids is 1. The Kier molecular flexibility index (Phi) is 5.41. The highest BCUT2D eigenvalue weighted by atomic mass is 16.6. The first kappa shape index (κ1) is 15.1. The lowest BCUT2D eigenvalue weighted by molar-refractivity contribution is 0.0527. The van der Waals surface area contributed by atoms with Gasteiger partial charge in [0.25, 0.3) is 0 Å². The summed E-state index contributed by atoms with van der Waals surface area (Å²) in [4.78, 5) is 15.5. The van der Waals surface area contributed by atoms with Crippen molar-refractivity contribution in [2.45, 2.75) is 32.8 Å². The van der Waals surface area contributed by atoms with Crippen molar-refractivity contribution < 1.29 is 14.7 Å². The van der Waals surface area contributed by atoms with Gasteiger partial charge in [0.1, 0.15) is 5.60 Å². The number of aromatic nitrogens is 1. The topological polar surface area (TPSA) is 75.8 Å². The smallest absolute Gasteiger partial charge is 0.407 e. The summed E-state index contributed by atoms with van der Waals surface area (Å²) in [5.41, 5.74) is 0.000705. The fourth-order valence-corrected chi connectivity index (χ4v) is 1.33. The van der Waals surface area contributed by atoms with Crippen molar-refractivity contribution in [3.63, 3.8) is 0 Å². The molecule has 0 unspecified atom stereocenters. The Bertz CT molecular complexity index is 475. The van der Waals surface area contributed by atoms with Gasteiger partial charge in [0.2, 0.25) is 0 Å². The number of alkyl carbamates (subject to hydrolysis) is 1. The van der Waals surface area contributed by atoms with Gasteiger partial charge in [0.15, 0.2) is 5.49 Å². The summed E-state index contributed by atoms with van der Waals surface area (Å²) in [6, 6.07) is 5.22. The van der Waals surface area contributed by atoms with Crippen LogP contribution in [0.15, 0.2) is 29.4 Å². The summed E-state index contributed by atoms with van der Waals surface area (Å²) in [6.07, 6.45) is 1.76. The van der Waals surface area contributed by atoms with E-state index in [1.807, 2.05) is 20.8 Å². The Balaban J connectivity index is 2.27. The van der Waals surface area contributed by atoms with Crippen LogP contribution in [0.25, 0.3) is 0 Å². The van der Waals surface area contributed by atoms with E-state index < -0.39 is 11.7 Å². The molecule has 2 N–H and O–H groups in total. The van der Waals surface area contributed by atoms with E-state index in [1.54, 1.807) is 18.2 Å². The second-order valence-corrected chi connectivity index (χ2v) is 5.07. The normalized spacial score (nSPS) is 12.3. The van der Waals surface area contributed by atoms with Crippen molar-refractivity contribution >= 4 is 6.09 Å². The average molecular weight is 267 g/mol. The number of hydrogen-bond donors (Lipinski definition) is 2. The first-order chi connectivity index (χ1) is 8.88. The summed E-state index contributed by atoms with van der Waals surface area (Å²) in [6.45, 7) is 6.45. The quantitative estimate of drug-likeness (QED) is 0.642. The molecule has 0 aliphatic rings. The number of hydrogen-bond acceptors (Lipinski definition) is 4. The van der Waals surface area contributed by atoms with Crippen molar-refractivity contribution in [2.75, 3.05) is 13.1 Å². The van der Waals surface area contributed by atoms with Gasteiger partial charge < -0.3 is 15.3 Å². The molecule has 106 valence electrons. The van der Waals surface area contributed by atoms with E-state index in [4.69, 9.17) is 4.74 Å². The van der Waals surface area contributed by atoms with E-state index >= 15 is 0 Å². The van der Waals surface area contributed by atoms with Crippen molar-refractivity contribution in [1.29, 1.82) is 0 Å². The lowest BCUT2D eigenvalue weighted by atomic mass is 10.2. The molecule has 0 spiro atoms. The summed E-state index contributed by atoms with van der Waals surface area (Å²) in [7, 11) is 0. The second kappa shape index (κ2) is 6.82. The van der Waals surface area contributed by atoms with E-state index in [0.29, 0.717) is 25.0 Å². The van der Waals surface area contributed by atoms with Crippen molar-refractivity contribution in [2.24, 2.45) is 4.99 Å². The number of pyridine rings is 1. The predicted molar refractivity (Wildman–Crippen MR) is 70.9 cm³/mol. The molecule has 0 saturated carbocycles. The SMILES string of the molecule is CC(C)(C)OC(=O)NCCCN=c1ccccn1O. The standard InChI is InChI=1S/C13H21N3O3/c1-13(2,3)19-12(17)15-9-6-8-14-11-7-4-5-10-16(11)18/h4-5,7,10,18H,6,8-9H2,1-3H3,(H,15,17). The monoisotopic (exact) mass is 267 g/mol. The van der Waals surface area contributed by atoms with Crippen LogP contribution in [0.3, 0.4) is 0 Å². The highest BCUT2D eigenvalue weighted by molar-refractivity contribution is 5.67. The van der Waals surface area contributed by atoms with Crippen molar-refractivity contribution in [1.82, 2.24) is 10.0 Å². The van der Waals surface area contributed by atoms with Gasteiger partial charge in [0.05, 0.1) is 0 Å². The van der Waals surface area contributed by atoms with Crippen LogP contribution in [0.2, 0.25) is 0 Å². The lowest BCUT2D eigenvalue weighted by Gasteiger charge is -2.19. The van der Waals surface area contributed by atoms with Crippen LogP contribution in [-0.2, 0) is 4.74 Å². The second-order valence-electron chi connectivity index (χ2n) is 5.07. The third kappa shape index (κ3) is 6.49. The predicted octanol–water partition coefficient (Wildman–Crippen LogP) is 1.54. The fourth-order valence-electron chi connectivity index (χ4n) is 1.33. The molecule has 0 aromatic carbocycles. The maximum absolute atomic E-state index is 11.3. The van der Waals surface area contributed by atoms with Crippen LogP contribution in [0.4, 0.5) is 4.79 Å². The highest BCUT2D eigenvalue weighted by Gasteiger charge is 2.15. The van der Waals surface area contributed by atoms with Crippen LogP contribution >= 0.6 is 0 Å². The minimum absolute atomic E-state index is 0.426. The number of rotatable bonds is 4. The third-order valence-corrected chi connectivity index (χ3v) is 2.10. The molecule has 0 bridgehead atoms. The molecule has 0 saturated heterocycles. The molecule has 0 radical (unpaired) electrons. The molecule has 1 heterocycles. The Morgan fingerprint density at radius 2 is 2.21 bits per heavy atom. The molecule has 6 heteroatoms. The van der Waals surface area contributed by atoms with Crippen molar-refractivity contribution in [3.8, 4) is 0 Å². The minimum atomic E-state index is -0.485. The van der Waals surface area contributed by atoms with Gasteiger partial charge in [-0.3, -0.25) is 4.99 Å². The van der Waals surface area contributed by atoms with E-state index in [0.717, 1.165) is 4.73 Å². The highest BCUT2D eigenvalue weighted by Crippen LogP contribution is 2.06. The zero-order valence-corrected chi connectivity index (χ0v) is 11.6. The van der Waals surface area contributed by atoms with Gasteiger partial charge in [-0.25, -0.2) is 4.79 Å². The first-order valence-corrected chi connectivity index (χ1v) is 6.23. The van der Waals surface area contributed by atoms with Gasteiger partial charge in [0, 0.05) is 19.3 Å². The van der Waals surface area contributed by atoms with E-state index in [9.17, 15) is 10.0 Å². The molecule has 0 aliphatic heterocycles. The molecule has 6 nitrogen and oxygen atoms in total. The van der Waals surface area contributed by atoms with Crippen LogP contribution < -0.4 is 10.8 Å². The molecule has 1 aromatic heterocycles.